The lowest BCUT2D eigenvalue weighted by atomic mass is 10.0. The minimum absolute atomic E-state index is 0.283. The van der Waals surface area contributed by atoms with Crippen molar-refractivity contribution in [3.63, 3.8) is 0 Å². The van der Waals surface area contributed by atoms with Crippen molar-refractivity contribution in [3.05, 3.63) is 63.9 Å². The van der Waals surface area contributed by atoms with Gasteiger partial charge in [-0.3, -0.25) is 0 Å². The molecule has 0 heterocycles. The third-order valence-electron chi connectivity index (χ3n) is 2.86. The summed E-state index contributed by atoms with van der Waals surface area (Å²) in [6.45, 7) is 2.34. The molecule has 0 fully saturated rings. The zero-order valence-electron chi connectivity index (χ0n) is 10.6. The summed E-state index contributed by atoms with van der Waals surface area (Å²) in [5.74, 6) is 0.121. The Balaban J connectivity index is 2.26. The highest BCUT2D eigenvalue weighted by molar-refractivity contribution is 9.10. The summed E-state index contributed by atoms with van der Waals surface area (Å²) in [4.78, 5) is 0. The van der Waals surface area contributed by atoms with E-state index in [1.807, 2.05) is 31.2 Å². The standard InChI is InChI=1S/C15H15BrFNO/c1-10-4-2-3-5-14(10)15(9-18)19-13-7-11(16)6-12(17)8-13/h2-8,15H,9,18H2,1H3. The van der Waals surface area contributed by atoms with Crippen molar-refractivity contribution in [3.8, 4) is 5.75 Å². The minimum Gasteiger partial charge on any atom is -0.484 e. The van der Waals surface area contributed by atoms with E-state index < -0.39 is 0 Å². The highest BCUT2D eigenvalue weighted by Gasteiger charge is 2.14. The fourth-order valence-corrected chi connectivity index (χ4v) is 2.39. The fourth-order valence-electron chi connectivity index (χ4n) is 1.95. The van der Waals surface area contributed by atoms with Gasteiger partial charge in [-0.15, -0.1) is 0 Å². The number of aryl methyl sites for hydroxylation is 1. The van der Waals surface area contributed by atoms with Crippen molar-refractivity contribution < 1.29 is 9.13 Å². The highest BCUT2D eigenvalue weighted by atomic mass is 79.9. The van der Waals surface area contributed by atoms with Crippen LogP contribution in [-0.2, 0) is 0 Å². The lowest BCUT2D eigenvalue weighted by Crippen LogP contribution is -2.19. The normalized spacial score (nSPS) is 12.2. The van der Waals surface area contributed by atoms with Crippen LogP contribution >= 0.6 is 15.9 Å². The van der Waals surface area contributed by atoms with Crippen LogP contribution in [0.5, 0.6) is 5.75 Å². The summed E-state index contributed by atoms with van der Waals surface area (Å²) in [5.41, 5.74) is 7.89. The topological polar surface area (TPSA) is 35.2 Å². The maximum atomic E-state index is 13.3. The number of hydrogen-bond acceptors (Lipinski definition) is 2. The Morgan fingerprint density at radius 2 is 2.00 bits per heavy atom. The van der Waals surface area contributed by atoms with E-state index in [2.05, 4.69) is 15.9 Å². The molecule has 19 heavy (non-hydrogen) atoms. The van der Waals surface area contributed by atoms with Gasteiger partial charge in [-0.25, -0.2) is 4.39 Å². The van der Waals surface area contributed by atoms with E-state index in [0.717, 1.165) is 11.1 Å². The van der Waals surface area contributed by atoms with Gasteiger partial charge in [0.2, 0.25) is 0 Å². The van der Waals surface area contributed by atoms with Gasteiger partial charge >= 0.3 is 0 Å². The summed E-state index contributed by atoms with van der Waals surface area (Å²) in [7, 11) is 0. The van der Waals surface area contributed by atoms with Crippen LogP contribution < -0.4 is 10.5 Å². The molecule has 0 aliphatic carbocycles. The van der Waals surface area contributed by atoms with Crippen molar-refractivity contribution in [2.24, 2.45) is 5.73 Å². The monoisotopic (exact) mass is 323 g/mol. The summed E-state index contributed by atoms with van der Waals surface area (Å²) >= 11 is 3.24. The van der Waals surface area contributed by atoms with Crippen LogP contribution in [0.4, 0.5) is 4.39 Å². The van der Waals surface area contributed by atoms with Crippen LogP contribution in [-0.4, -0.2) is 6.54 Å². The average Bonchev–Trinajstić information content (AvgIpc) is 2.36. The first-order valence-corrected chi connectivity index (χ1v) is 6.78. The zero-order chi connectivity index (χ0) is 13.8. The van der Waals surface area contributed by atoms with Crippen molar-refractivity contribution >= 4 is 15.9 Å². The maximum absolute atomic E-state index is 13.3. The van der Waals surface area contributed by atoms with Crippen LogP contribution in [0.15, 0.2) is 46.9 Å². The number of nitrogens with two attached hydrogens (primary N) is 1. The number of rotatable bonds is 4. The average molecular weight is 324 g/mol. The summed E-state index contributed by atoms with van der Waals surface area (Å²) in [6, 6.07) is 12.3. The molecule has 0 bridgehead atoms. The molecular weight excluding hydrogens is 309 g/mol. The van der Waals surface area contributed by atoms with Crippen molar-refractivity contribution in [2.45, 2.75) is 13.0 Å². The summed E-state index contributed by atoms with van der Waals surface area (Å²) < 4.78 is 19.8. The Labute approximate surface area is 120 Å². The van der Waals surface area contributed by atoms with Crippen molar-refractivity contribution in [1.82, 2.24) is 0 Å². The Morgan fingerprint density at radius 3 is 2.63 bits per heavy atom. The van der Waals surface area contributed by atoms with Crippen molar-refractivity contribution in [2.75, 3.05) is 6.54 Å². The van der Waals surface area contributed by atoms with E-state index in [9.17, 15) is 4.39 Å². The molecule has 0 saturated carbocycles. The zero-order valence-corrected chi connectivity index (χ0v) is 12.2. The highest BCUT2D eigenvalue weighted by Crippen LogP contribution is 2.27. The van der Waals surface area contributed by atoms with Crippen LogP contribution in [0.25, 0.3) is 0 Å². The molecule has 4 heteroatoms. The van der Waals surface area contributed by atoms with E-state index in [0.29, 0.717) is 16.8 Å². The Morgan fingerprint density at radius 1 is 1.26 bits per heavy atom. The van der Waals surface area contributed by atoms with Crippen LogP contribution in [0, 0.1) is 12.7 Å². The summed E-state index contributed by atoms with van der Waals surface area (Å²) in [6.07, 6.45) is -0.283. The molecule has 1 unspecified atom stereocenters. The van der Waals surface area contributed by atoms with Crippen LogP contribution in [0.3, 0.4) is 0 Å². The van der Waals surface area contributed by atoms with Crippen molar-refractivity contribution in [1.29, 1.82) is 0 Å². The van der Waals surface area contributed by atoms with Gasteiger partial charge in [-0.1, -0.05) is 40.2 Å². The molecule has 2 nitrogen and oxygen atoms in total. The molecule has 100 valence electrons. The van der Waals surface area contributed by atoms with Gasteiger partial charge in [0.1, 0.15) is 17.7 Å². The van der Waals surface area contributed by atoms with E-state index in [4.69, 9.17) is 10.5 Å². The third kappa shape index (κ3) is 3.55. The van der Waals surface area contributed by atoms with E-state index >= 15 is 0 Å². The molecule has 2 aromatic carbocycles. The first kappa shape index (κ1) is 14.0. The Hall–Kier alpha value is -1.39. The minimum atomic E-state index is -0.343. The number of halogens is 2. The van der Waals surface area contributed by atoms with E-state index in [-0.39, 0.29) is 11.9 Å². The molecule has 0 aliphatic rings. The Kier molecular flexibility index (Phi) is 4.56. The first-order chi connectivity index (χ1) is 9.10. The molecule has 0 spiro atoms. The molecule has 0 aliphatic heterocycles. The molecule has 2 N–H and O–H groups in total. The van der Waals surface area contributed by atoms with Gasteiger partial charge in [0.25, 0.3) is 0 Å². The molecular formula is C15H15BrFNO. The molecule has 1 atom stereocenters. The van der Waals surface area contributed by atoms with Gasteiger partial charge in [-0.2, -0.15) is 0 Å². The van der Waals surface area contributed by atoms with Gasteiger partial charge in [-0.05, 0) is 30.2 Å². The number of ether oxygens (including phenoxy) is 1. The second kappa shape index (κ2) is 6.17. The molecule has 2 rings (SSSR count). The summed E-state index contributed by atoms with van der Waals surface area (Å²) in [5, 5.41) is 0. The van der Waals surface area contributed by atoms with Gasteiger partial charge < -0.3 is 10.5 Å². The Bertz CT molecular complexity index is 554. The predicted octanol–water partition coefficient (Wildman–Crippen LogP) is 3.98. The van der Waals surface area contributed by atoms with E-state index in [1.165, 1.54) is 12.1 Å². The molecule has 0 aromatic heterocycles. The molecule has 2 aromatic rings. The molecule has 0 saturated heterocycles. The number of hydrogen-bond donors (Lipinski definition) is 1. The van der Waals surface area contributed by atoms with Gasteiger partial charge in [0, 0.05) is 17.1 Å². The lowest BCUT2D eigenvalue weighted by Gasteiger charge is -2.20. The number of benzene rings is 2. The maximum Gasteiger partial charge on any atom is 0.136 e. The second-order valence-electron chi connectivity index (χ2n) is 4.30. The molecule has 0 amide bonds. The third-order valence-corrected chi connectivity index (χ3v) is 3.32. The largest absolute Gasteiger partial charge is 0.484 e. The molecule has 0 radical (unpaired) electrons. The van der Waals surface area contributed by atoms with Gasteiger partial charge in [0.15, 0.2) is 0 Å². The van der Waals surface area contributed by atoms with Crippen LogP contribution in [0.1, 0.15) is 17.2 Å². The predicted molar refractivity (Wildman–Crippen MR) is 77.7 cm³/mol. The SMILES string of the molecule is Cc1ccccc1C(CN)Oc1cc(F)cc(Br)c1. The van der Waals surface area contributed by atoms with Crippen LogP contribution in [0.2, 0.25) is 0 Å². The smallest absolute Gasteiger partial charge is 0.136 e. The second-order valence-corrected chi connectivity index (χ2v) is 5.22. The van der Waals surface area contributed by atoms with Gasteiger partial charge in [0.05, 0.1) is 0 Å². The fraction of sp³-hybridized carbons (Fsp3) is 0.200. The lowest BCUT2D eigenvalue weighted by molar-refractivity contribution is 0.212. The quantitative estimate of drug-likeness (QED) is 0.923. The first-order valence-electron chi connectivity index (χ1n) is 5.98. The van der Waals surface area contributed by atoms with E-state index in [1.54, 1.807) is 6.07 Å².